The Balaban J connectivity index is 0.00000144. The van der Waals surface area contributed by atoms with Crippen LogP contribution in [0, 0.1) is 0 Å². The minimum absolute atomic E-state index is 0. The van der Waals surface area contributed by atoms with Crippen LogP contribution in [0.4, 0.5) is 5.69 Å². The lowest BCUT2D eigenvalue weighted by Gasteiger charge is -2.23. The predicted octanol–water partition coefficient (Wildman–Crippen LogP) is 3.08. The first-order valence-electron chi connectivity index (χ1n) is 7.82. The summed E-state index contributed by atoms with van der Waals surface area (Å²) < 4.78 is 1.10. The summed E-state index contributed by atoms with van der Waals surface area (Å²) in [7, 11) is 0. The molecule has 2 heterocycles. The molecular formula is C16H24BrCl2N3OS. The largest absolute Gasteiger partial charge is 0.369 e. The average molecular weight is 457 g/mol. The Morgan fingerprint density at radius 3 is 2.75 bits per heavy atom. The fraction of sp³-hybridized carbons (Fsp3) is 0.562. The summed E-state index contributed by atoms with van der Waals surface area (Å²) in [6.45, 7) is 2.92. The number of halogens is 3. The van der Waals surface area contributed by atoms with Crippen molar-refractivity contribution in [3.8, 4) is 0 Å². The second-order valence-corrected chi connectivity index (χ2v) is 7.97. The molecule has 3 rings (SSSR count). The van der Waals surface area contributed by atoms with E-state index in [0.29, 0.717) is 12.5 Å². The van der Waals surface area contributed by atoms with Crippen LogP contribution >= 0.6 is 52.5 Å². The fourth-order valence-corrected chi connectivity index (χ4v) is 4.24. The van der Waals surface area contributed by atoms with E-state index in [1.54, 1.807) is 0 Å². The quantitative estimate of drug-likeness (QED) is 0.730. The van der Waals surface area contributed by atoms with Gasteiger partial charge in [-0.2, -0.15) is 11.8 Å². The Morgan fingerprint density at radius 2 is 2.08 bits per heavy atom. The molecule has 0 bridgehead atoms. The van der Waals surface area contributed by atoms with Crippen molar-refractivity contribution in [3.05, 3.63) is 28.7 Å². The van der Waals surface area contributed by atoms with Gasteiger partial charge in [0.1, 0.15) is 0 Å². The van der Waals surface area contributed by atoms with Crippen molar-refractivity contribution < 1.29 is 4.79 Å². The number of nitrogens with zero attached hydrogens (tertiary/aromatic N) is 1. The summed E-state index contributed by atoms with van der Waals surface area (Å²) in [4.78, 5) is 14.5. The van der Waals surface area contributed by atoms with Gasteiger partial charge < -0.3 is 15.5 Å². The van der Waals surface area contributed by atoms with Gasteiger partial charge in [0.05, 0.1) is 0 Å². The van der Waals surface area contributed by atoms with Crippen LogP contribution in [0.3, 0.4) is 0 Å². The van der Waals surface area contributed by atoms with E-state index in [0.717, 1.165) is 42.0 Å². The van der Waals surface area contributed by atoms with Gasteiger partial charge in [-0.3, -0.25) is 4.79 Å². The van der Waals surface area contributed by atoms with Gasteiger partial charge in [0.15, 0.2) is 0 Å². The molecular weight excluding hydrogens is 433 g/mol. The van der Waals surface area contributed by atoms with Gasteiger partial charge >= 0.3 is 0 Å². The van der Waals surface area contributed by atoms with Crippen LogP contribution in [-0.4, -0.2) is 49.1 Å². The molecule has 8 heteroatoms. The molecule has 1 aromatic carbocycles. The number of anilines is 1. The van der Waals surface area contributed by atoms with Crippen LogP contribution < -0.4 is 15.5 Å². The number of hydrogen-bond acceptors (Lipinski definition) is 4. The van der Waals surface area contributed by atoms with Crippen LogP contribution in [0.25, 0.3) is 0 Å². The third kappa shape index (κ3) is 6.30. The lowest BCUT2D eigenvalue weighted by atomic mass is 10.2. The summed E-state index contributed by atoms with van der Waals surface area (Å²) in [6.07, 6.45) is 1.62. The Morgan fingerprint density at radius 1 is 1.33 bits per heavy atom. The van der Waals surface area contributed by atoms with E-state index in [9.17, 15) is 4.79 Å². The van der Waals surface area contributed by atoms with Gasteiger partial charge in [-0.25, -0.2) is 0 Å². The fourth-order valence-electron chi connectivity index (χ4n) is 3.03. The first kappa shape index (κ1) is 21.9. The Kier molecular flexibility index (Phi) is 9.82. The first-order valence-corrected chi connectivity index (χ1v) is 9.76. The zero-order valence-electron chi connectivity index (χ0n) is 13.4. The Bertz CT molecular complexity index is 515. The monoisotopic (exact) mass is 455 g/mol. The number of thioether (sulfide) groups is 1. The molecule has 0 saturated carbocycles. The van der Waals surface area contributed by atoms with E-state index in [-0.39, 0.29) is 36.8 Å². The maximum atomic E-state index is 12.2. The van der Waals surface area contributed by atoms with E-state index < -0.39 is 0 Å². The first-order chi connectivity index (χ1) is 10.7. The van der Waals surface area contributed by atoms with Gasteiger partial charge in [-0.1, -0.05) is 15.9 Å². The van der Waals surface area contributed by atoms with E-state index in [2.05, 4.69) is 55.7 Å². The standard InChI is InChI=1S/C16H22BrN3OS.2ClH/c17-12-1-3-15(4-2-12)20-7-5-13(10-20)19-16(21)9-14-11-22-8-6-18-14;;/h1-4,13-14,18H,5-11H2,(H,19,21);2*1H. The van der Waals surface area contributed by atoms with Gasteiger partial charge in [-0.15, -0.1) is 24.8 Å². The van der Waals surface area contributed by atoms with Gasteiger partial charge in [-0.05, 0) is 30.7 Å². The second-order valence-electron chi connectivity index (χ2n) is 5.91. The highest BCUT2D eigenvalue weighted by Gasteiger charge is 2.25. The van der Waals surface area contributed by atoms with Gasteiger partial charge in [0, 0.05) is 59.8 Å². The highest BCUT2D eigenvalue weighted by molar-refractivity contribution is 9.10. The zero-order chi connectivity index (χ0) is 15.4. The normalized spacial score (nSPS) is 23.1. The van der Waals surface area contributed by atoms with Crippen LogP contribution in [0.15, 0.2) is 28.7 Å². The maximum absolute atomic E-state index is 12.2. The number of nitrogens with one attached hydrogen (secondary N) is 2. The van der Waals surface area contributed by atoms with Crippen molar-refractivity contribution in [1.29, 1.82) is 0 Å². The molecule has 0 aliphatic carbocycles. The summed E-state index contributed by atoms with van der Waals surface area (Å²) in [5.41, 5.74) is 1.23. The number of hydrogen-bond donors (Lipinski definition) is 2. The molecule has 2 saturated heterocycles. The molecule has 0 radical (unpaired) electrons. The minimum atomic E-state index is 0. The van der Waals surface area contributed by atoms with Crippen molar-refractivity contribution in [1.82, 2.24) is 10.6 Å². The molecule has 2 unspecified atom stereocenters. The number of amides is 1. The van der Waals surface area contributed by atoms with Crippen LogP contribution in [0.1, 0.15) is 12.8 Å². The molecule has 1 aromatic rings. The predicted molar refractivity (Wildman–Crippen MR) is 111 cm³/mol. The van der Waals surface area contributed by atoms with E-state index in [1.165, 1.54) is 5.69 Å². The molecule has 0 spiro atoms. The van der Waals surface area contributed by atoms with Crippen LogP contribution in [0.2, 0.25) is 0 Å². The molecule has 1 amide bonds. The van der Waals surface area contributed by atoms with E-state index >= 15 is 0 Å². The molecule has 4 nitrogen and oxygen atoms in total. The van der Waals surface area contributed by atoms with Crippen LogP contribution in [-0.2, 0) is 4.79 Å². The lowest BCUT2D eigenvalue weighted by molar-refractivity contribution is -0.122. The smallest absolute Gasteiger partial charge is 0.221 e. The minimum Gasteiger partial charge on any atom is -0.369 e. The Labute approximate surface area is 168 Å². The van der Waals surface area contributed by atoms with Gasteiger partial charge in [0.25, 0.3) is 0 Å². The number of carbonyl (C=O) groups excluding carboxylic acids is 1. The highest BCUT2D eigenvalue weighted by atomic mass is 79.9. The van der Waals surface area contributed by atoms with Crippen molar-refractivity contribution in [2.75, 3.05) is 36.0 Å². The second kappa shape index (κ2) is 10.8. The van der Waals surface area contributed by atoms with Crippen molar-refractivity contribution >= 4 is 64.1 Å². The van der Waals surface area contributed by atoms with E-state index in [1.807, 2.05) is 11.8 Å². The molecule has 2 atom stereocenters. The number of carbonyl (C=O) groups is 1. The topological polar surface area (TPSA) is 44.4 Å². The SMILES string of the molecule is Cl.Cl.O=C(CC1CSCCN1)NC1CCN(c2ccc(Br)cc2)C1. The molecule has 2 aliphatic heterocycles. The lowest BCUT2D eigenvalue weighted by Crippen LogP contribution is -2.44. The van der Waals surface area contributed by atoms with Gasteiger partial charge in [0.2, 0.25) is 5.91 Å². The average Bonchev–Trinajstić information content (AvgIpc) is 2.97. The highest BCUT2D eigenvalue weighted by Crippen LogP contribution is 2.22. The van der Waals surface area contributed by atoms with Crippen molar-refractivity contribution in [2.24, 2.45) is 0 Å². The third-order valence-electron chi connectivity index (χ3n) is 4.18. The summed E-state index contributed by atoms with van der Waals surface area (Å²) in [5, 5.41) is 6.62. The molecule has 2 fully saturated rings. The molecule has 0 aromatic heterocycles. The van der Waals surface area contributed by atoms with Crippen molar-refractivity contribution in [2.45, 2.75) is 24.9 Å². The molecule has 136 valence electrons. The zero-order valence-corrected chi connectivity index (χ0v) is 17.4. The maximum Gasteiger partial charge on any atom is 0.221 e. The molecule has 2 N–H and O–H groups in total. The molecule has 24 heavy (non-hydrogen) atoms. The third-order valence-corrected chi connectivity index (χ3v) is 5.83. The van der Waals surface area contributed by atoms with Crippen LogP contribution in [0.5, 0.6) is 0 Å². The Hall–Kier alpha value is -0.140. The van der Waals surface area contributed by atoms with Crippen molar-refractivity contribution in [3.63, 3.8) is 0 Å². The van der Waals surface area contributed by atoms with E-state index in [4.69, 9.17) is 0 Å². The summed E-state index contributed by atoms with van der Waals surface area (Å²) >= 11 is 5.39. The number of rotatable bonds is 4. The summed E-state index contributed by atoms with van der Waals surface area (Å²) in [5.74, 6) is 2.38. The number of benzene rings is 1. The summed E-state index contributed by atoms with van der Waals surface area (Å²) in [6, 6.07) is 8.98. The molecule has 2 aliphatic rings.